The molecule has 4 unspecified atom stereocenters. The van der Waals surface area contributed by atoms with Crippen molar-refractivity contribution >= 4 is 59.7 Å². The average molecular weight is 1080 g/mol. The number of nitrogens with one attached hydrogen (secondary N) is 6. The van der Waals surface area contributed by atoms with Crippen LogP contribution in [0.4, 0.5) is 0 Å². The summed E-state index contributed by atoms with van der Waals surface area (Å²) in [5.74, 6) is -3.59. The van der Waals surface area contributed by atoms with Gasteiger partial charge in [-0.3, -0.25) is 41.3 Å². The van der Waals surface area contributed by atoms with E-state index in [0.29, 0.717) is 64.1 Å². The molecule has 65 heavy (non-hydrogen) atoms. The number of hydrogen-bond donors (Lipinski definition) is 8. The van der Waals surface area contributed by atoms with Crippen LogP contribution >= 0.6 is 0 Å². The van der Waals surface area contributed by atoms with Crippen molar-refractivity contribution < 1.29 is 126 Å². The second kappa shape index (κ2) is 42.9. The Balaban J connectivity index is -0.000000479. The minimum Gasteiger partial charge on any atom is -0.668 e. The molecular weight excluding hydrogens is 998 g/mol. The summed E-state index contributed by atoms with van der Waals surface area (Å²) in [7, 11) is 0. The molecule has 2 saturated carbocycles. The van der Waals surface area contributed by atoms with Crippen LogP contribution < -0.4 is 32.7 Å². The number of amides is 4. The molecule has 0 heterocycles. The summed E-state index contributed by atoms with van der Waals surface area (Å²) in [5, 5.41) is 29.1. The van der Waals surface area contributed by atoms with Crippen LogP contribution in [0.3, 0.4) is 0 Å². The van der Waals surface area contributed by atoms with Gasteiger partial charge in [-0.25, -0.2) is 0 Å². The van der Waals surface area contributed by atoms with Gasteiger partial charge in [-0.1, -0.05) is 51.6 Å². The molecule has 2 rings (SSSR count). The zero-order valence-electron chi connectivity index (χ0n) is 40.6. The molecule has 12 N–H and O–H groups in total. The third kappa shape index (κ3) is 37.2. The first-order chi connectivity index (χ1) is 30.7. The van der Waals surface area contributed by atoms with Crippen molar-refractivity contribution in [3.8, 4) is 0 Å². The van der Waals surface area contributed by atoms with Gasteiger partial charge in [0.15, 0.2) is 0 Å². The zero-order chi connectivity index (χ0) is 49.7. The molecule has 2 radical (unpaired) electrons. The van der Waals surface area contributed by atoms with Gasteiger partial charge < -0.3 is 73.6 Å². The molecule has 0 aromatic rings. The Morgan fingerprint density at radius 2 is 1.09 bits per heavy atom. The number of carbonyl (C=O) groups excluding carboxylic acids is 8. The second-order valence-electron chi connectivity index (χ2n) is 16.1. The van der Waals surface area contributed by atoms with Gasteiger partial charge in [0.25, 0.3) is 0 Å². The predicted molar refractivity (Wildman–Crippen MR) is 236 cm³/mol. The van der Waals surface area contributed by atoms with Crippen LogP contribution in [0.15, 0.2) is 0 Å². The maximum atomic E-state index is 12.2. The van der Waals surface area contributed by atoms with Crippen LogP contribution in [-0.4, -0.2) is 121 Å². The molecule has 0 saturated heterocycles. The summed E-state index contributed by atoms with van der Waals surface area (Å²) in [6, 6.07) is -1.32. The van der Waals surface area contributed by atoms with E-state index in [4.69, 9.17) is 34.1 Å². The standard InChI is InChI=1S/C20H34N3O5.C19H32N3O5.2C2H4NO.2Y/c1-13(20(27)28)11-18(25)23-12-15-6-8-16(9-7-15)19(26)22-10-4-3-5-17(21)14(2)24;1-12(11-17(24)25)18(26)22-15-8-6-14(7-9-15)19(27)21-10-4-3-5-16(20)13(2)23;2*3-1-2-4;;/h13,15-17,21H,3-12H2,1-2H3,(H,22,26)(H,23,25)(H,27,28);12,14-16,20H,3-11H2,1-2H3,(H,21,27)(H,22,26)(H,24,25);2*1,3H2;;/q4*-1;;/i/hT2. The monoisotopic (exact) mass is 1080 g/mol. The number of carboxylic acid groups (broad SMARTS) is 2. The largest absolute Gasteiger partial charge is 0.668 e. The maximum Gasteiger partial charge on any atom is 0.306 e. The van der Waals surface area contributed by atoms with Crippen LogP contribution in [0.5, 0.6) is 0 Å². The Morgan fingerprint density at radius 3 is 1.45 bits per heavy atom. The molecule has 0 aromatic heterocycles. The first-order valence-corrected chi connectivity index (χ1v) is 21.7. The fraction of sp³-hybridized carbons (Fsp3) is 0.767. The average Bonchev–Trinajstić information content (AvgIpc) is 3.26. The maximum absolute atomic E-state index is 12.2. The molecule has 2 fully saturated rings. The Hall–Kier alpha value is -2.45. The van der Waals surface area contributed by atoms with Gasteiger partial charge in [-0.15, -0.1) is 13.1 Å². The summed E-state index contributed by atoms with van der Waals surface area (Å²) in [4.78, 5) is 110. The number of ketones is 2. The number of aliphatic carboxylic acids is 2. The minimum atomic E-state index is -0.988. The van der Waals surface area contributed by atoms with Crippen molar-refractivity contribution in [2.24, 2.45) is 41.0 Å². The first-order valence-electron chi connectivity index (χ1n) is 22.7. The number of hydrogen-bond acceptors (Lipinski definition) is 12. The number of Topliss-reactive ketones (excluding diaryl/α,β-unsaturated/α-hetero) is 2. The Kier molecular flexibility index (Phi) is 42.6. The van der Waals surface area contributed by atoms with Crippen molar-refractivity contribution in [1.82, 2.24) is 21.3 Å². The van der Waals surface area contributed by atoms with Crippen LogP contribution in [0, 0.1) is 29.6 Å². The SMILES string of the molecule is CC(=O)C([NH-])CCCCNC(=O)C1CCC(CNC(=O)CC(C)C(=O)O)CC1.CC(=O)C([NH-])CCCCNC(=O)C1CCC(NC(=O)C(C)CC(=O)O)CC1.[3H]NC[C-]=O.[3H]NC[C-]=O.[Y].[Y]. The van der Waals surface area contributed by atoms with E-state index in [1.165, 1.54) is 33.3 Å². The van der Waals surface area contributed by atoms with Gasteiger partial charge in [0, 0.05) is 115 Å². The predicted octanol–water partition coefficient (Wildman–Crippen LogP) is 2.49. The summed E-state index contributed by atoms with van der Waals surface area (Å²) < 4.78 is 12.2. The summed E-state index contributed by atoms with van der Waals surface area (Å²) in [5.41, 5.74) is 18.8. The van der Waals surface area contributed by atoms with E-state index < -0.39 is 35.9 Å². The molecule has 0 aromatic carbocycles. The molecule has 2 aliphatic carbocycles. The molecule has 4 atom stereocenters. The Bertz CT molecular complexity index is 1450. The Labute approximate surface area is 438 Å². The van der Waals surface area contributed by atoms with Gasteiger partial charge in [-0.05, 0) is 84.0 Å². The third-order valence-electron chi connectivity index (χ3n) is 10.7. The number of carboxylic acids is 2. The Morgan fingerprint density at radius 1 is 0.662 bits per heavy atom. The number of nitrogens with two attached hydrogens (primary N) is 2. The topological polar surface area (TPSA) is 359 Å². The molecule has 22 heteroatoms. The van der Waals surface area contributed by atoms with E-state index >= 15 is 0 Å². The normalized spacial score (nSPS) is 19.4. The zero-order valence-corrected chi connectivity index (χ0v) is 44.3. The van der Waals surface area contributed by atoms with Crippen molar-refractivity contribution in [2.75, 3.05) is 32.7 Å². The van der Waals surface area contributed by atoms with Crippen LogP contribution in [0.25, 0.3) is 11.5 Å². The molecule has 368 valence electrons. The second-order valence-corrected chi connectivity index (χ2v) is 16.1. The van der Waals surface area contributed by atoms with Crippen LogP contribution in [0.2, 0.25) is 2.82 Å². The smallest absolute Gasteiger partial charge is 0.306 e. The number of rotatable bonds is 27. The van der Waals surface area contributed by atoms with Crippen LogP contribution in [-0.2, 0) is 113 Å². The van der Waals surface area contributed by atoms with Crippen molar-refractivity contribution in [2.45, 2.75) is 149 Å². The van der Waals surface area contributed by atoms with Crippen molar-refractivity contribution in [3.63, 3.8) is 0 Å². The van der Waals surface area contributed by atoms with Gasteiger partial charge in [0.05, 0.1) is 12.3 Å². The molecule has 0 spiro atoms. The quantitative estimate of drug-likeness (QED) is 0.0433. The molecule has 4 amide bonds. The third-order valence-corrected chi connectivity index (χ3v) is 10.7. The molecule has 2 aliphatic rings. The van der Waals surface area contributed by atoms with Gasteiger partial charge in [0.2, 0.25) is 23.6 Å². The van der Waals surface area contributed by atoms with E-state index in [2.05, 4.69) is 21.3 Å². The number of carbonyl (C=O) groups is 8. The van der Waals surface area contributed by atoms with E-state index in [0.717, 1.165) is 51.4 Å². The molecule has 0 bridgehead atoms. The van der Waals surface area contributed by atoms with Crippen molar-refractivity contribution in [3.05, 3.63) is 11.5 Å². The van der Waals surface area contributed by atoms with E-state index in [1.54, 1.807) is 6.92 Å². The molecule has 20 nitrogen and oxygen atoms in total. The summed E-state index contributed by atoms with van der Waals surface area (Å²) in [6.45, 7) is 7.61. The van der Waals surface area contributed by atoms with Crippen LogP contribution in [0.1, 0.15) is 130 Å². The first kappa shape index (κ1) is 64.6. The van der Waals surface area contributed by atoms with Crippen molar-refractivity contribution in [1.29, 1.82) is 0 Å². The fourth-order valence-corrected chi connectivity index (χ4v) is 6.59. The van der Waals surface area contributed by atoms with E-state index in [9.17, 15) is 38.4 Å². The van der Waals surface area contributed by atoms with Gasteiger partial charge in [0.1, 0.15) is 14.4 Å². The molecular formula is C43H74N8O12Y2-4. The van der Waals surface area contributed by atoms with E-state index in [1.807, 2.05) is 11.5 Å². The summed E-state index contributed by atoms with van der Waals surface area (Å²) >= 11 is 0. The van der Waals surface area contributed by atoms with E-state index in [-0.39, 0.29) is 144 Å². The number of unbranched alkanes of at least 4 members (excludes halogenated alkanes) is 2. The van der Waals surface area contributed by atoms with Gasteiger partial charge >= 0.3 is 11.9 Å². The molecule has 0 aliphatic heterocycles. The van der Waals surface area contributed by atoms with Gasteiger partial charge in [-0.2, -0.15) is 0 Å². The fourth-order valence-electron chi connectivity index (χ4n) is 6.59. The minimum absolute atomic E-state index is 0. The summed E-state index contributed by atoms with van der Waals surface area (Å²) in [6.07, 6.45) is 12.9.